The standard InChI is InChI=1S/C15H17FN2O4/c1-3-13(19)18-12-8-10(4-5-11(12)16)17-14(20)15(21-2)6-7-22-9-15/h3-5,8H,1,6-7,9H2,2H3,(H,17,20)(H,18,19). The van der Waals surface area contributed by atoms with Crippen molar-refractivity contribution in [3.8, 4) is 0 Å². The third-order valence-corrected chi connectivity index (χ3v) is 3.46. The summed E-state index contributed by atoms with van der Waals surface area (Å²) in [6.07, 6.45) is 1.47. The summed E-state index contributed by atoms with van der Waals surface area (Å²) < 4.78 is 24.1. The number of carbonyl (C=O) groups is 2. The van der Waals surface area contributed by atoms with E-state index in [0.717, 1.165) is 12.1 Å². The lowest BCUT2D eigenvalue weighted by Crippen LogP contribution is -2.45. The van der Waals surface area contributed by atoms with E-state index in [2.05, 4.69) is 17.2 Å². The molecule has 2 N–H and O–H groups in total. The Kier molecular flexibility index (Phi) is 4.89. The lowest BCUT2D eigenvalue weighted by atomic mass is 10.0. The summed E-state index contributed by atoms with van der Waals surface area (Å²) in [7, 11) is 1.44. The second kappa shape index (κ2) is 6.67. The molecule has 1 heterocycles. The number of benzene rings is 1. The van der Waals surface area contributed by atoms with Gasteiger partial charge in [-0.05, 0) is 24.3 Å². The molecule has 2 amide bonds. The summed E-state index contributed by atoms with van der Waals surface area (Å²) in [5.41, 5.74) is -0.746. The molecular weight excluding hydrogens is 291 g/mol. The Labute approximate surface area is 127 Å². The number of hydrogen-bond donors (Lipinski definition) is 2. The molecule has 0 aliphatic carbocycles. The molecule has 1 aliphatic heterocycles. The van der Waals surface area contributed by atoms with Gasteiger partial charge in [-0.3, -0.25) is 9.59 Å². The Morgan fingerprint density at radius 2 is 2.23 bits per heavy atom. The Balaban J connectivity index is 2.15. The third-order valence-electron chi connectivity index (χ3n) is 3.46. The van der Waals surface area contributed by atoms with Crippen molar-refractivity contribution in [2.75, 3.05) is 31.0 Å². The molecular formula is C15H17FN2O4. The lowest BCUT2D eigenvalue weighted by Gasteiger charge is -2.24. The van der Waals surface area contributed by atoms with Crippen LogP contribution in [0.5, 0.6) is 0 Å². The first-order valence-electron chi connectivity index (χ1n) is 6.68. The van der Waals surface area contributed by atoms with E-state index in [-0.39, 0.29) is 18.2 Å². The van der Waals surface area contributed by atoms with E-state index >= 15 is 0 Å². The zero-order valence-electron chi connectivity index (χ0n) is 12.1. The van der Waals surface area contributed by atoms with Crippen LogP contribution in [0.4, 0.5) is 15.8 Å². The normalized spacial score (nSPS) is 20.5. The minimum atomic E-state index is -1.04. The Bertz CT molecular complexity index is 597. The molecule has 1 atom stereocenters. The summed E-state index contributed by atoms with van der Waals surface area (Å²) in [4.78, 5) is 23.6. The molecule has 118 valence electrons. The van der Waals surface area contributed by atoms with Gasteiger partial charge in [-0.25, -0.2) is 4.39 Å². The van der Waals surface area contributed by atoms with E-state index in [4.69, 9.17) is 9.47 Å². The third kappa shape index (κ3) is 3.32. The van der Waals surface area contributed by atoms with Gasteiger partial charge in [0.25, 0.3) is 5.91 Å². The molecule has 2 rings (SSSR count). The Morgan fingerprint density at radius 3 is 2.82 bits per heavy atom. The van der Waals surface area contributed by atoms with Crippen LogP contribution in [-0.2, 0) is 19.1 Å². The molecule has 1 aromatic carbocycles. The Morgan fingerprint density at radius 1 is 1.45 bits per heavy atom. The lowest BCUT2D eigenvalue weighted by molar-refractivity contribution is -0.137. The van der Waals surface area contributed by atoms with Crippen LogP contribution in [0.3, 0.4) is 0 Å². The number of anilines is 2. The van der Waals surface area contributed by atoms with Crippen LogP contribution >= 0.6 is 0 Å². The first-order valence-corrected chi connectivity index (χ1v) is 6.68. The van der Waals surface area contributed by atoms with E-state index in [1.165, 1.54) is 19.2 Å². The first kappa shape index (κ1) is 16.1. The van der Waals surface area contributed by atoms with Gasteiger partial charge in [0.1, 0.15) is 5.82 Å². The van der Waals surface area contributed by atoms with Crippen molar-refractivity contribution in [1.29, 1.82) is 0 Å². The van der Waals surface area contributed by atoms with Gasteiger partial charge in [-0.15, -0.1) is 0 Å². The van der Waals surface area contributed by atoms with E-state index in [1.54, 1.807) is 0 Å². The second-order valence-corrected chi connectivity index (χ2v) is 4.84. The van der Waals surface area contributed by atoms with E-state index in [9.17, 15) is 14.0 Å². The van der Waals surface area contributed by atoms with Crippen LogP contribution < -0.4 is 10.6 Å². The number of nitrogens with one attached hydrogen (secondary N) is 2. The van der Waals surface area contributed by atoms with Gasteiger partial charge >= 0.3 is 0 Å². The maximum absolute atomic E-state index is 13.6. The molecule has 6 nitrogen and oxygen atoms in total. The van der Waals surface area contributed by atoms with Crippen molar-refractivity contribution >= 4 is 23.2 Å². The number of rotatable bonds is 5. The van der Waals surface area contributed by atoms with Crippen LogP contribution in [0.25, 0.3) is 0 Å². The molecule has 1 unspecified atom stereocenters. The van der Waals surface area contributed by atoms with Crippen LogP contribution in [0.2, 0.25) is 0 Å². The molecule has 0 aromatic heterocycles. The molecule has 7 heteroatoms. The monoisotopic (exact) mass is 308 g/mol. The largest absolute Gasteiger partial charge is 0.378 e. The summed E-state index contributed by atoms with van der Waals surface area (Å²) >= 11 is 0. The zero-order valence-corrected chi connectivity index (χ0v) is 12.1. The minimum absolute atomic E-state index is 0.0446. The van der Waals surface area contributed by atoms with Gasteiger partial charge in [0.2, 0.25) is 5.91 Å². The summed E-state index contributed by atoms with van der Waals surface area (Å²) in [6.45, 7) is 3.89. The fourth-order valence-electron chi connectivity index (χ4n) is 2.11. The second-order valence-electron chi connectivity index (χ2n) is 4.84. The highest BCUT2D eigenvalue weighted by Gasteiger charge is 2.42. The highest BCUT2D eigenvalue weighted by Crippen LogP contribution is 2.26. The highest BCUT2D eigenvalue weighted by molar-refractivity contribution is 6.01. The number of ether oxygens (including phenoxy) is 2. The van der Waals surface area contributed by atoms with Gasteiger partial charge in [-0.1, -0.05) is 6.58 Å². The van der Waals surface area contributed by atoms with E-state index in [0.29, 0.717) is 18.7 Å². The van der Waals surface area contributed by atoms with Gasteiger partial charge in [0, 0.05) is 19.2 Å². The number of amides is 2. The SMILES string of the molecule is C=CC(=O)Nc1cc(NC(=O)C2(OC)CCOC2)ccc1F. The fraction of sp³-hybridized carbons (Fsp3) is 0.333. The summed E-state index contributed by atoms with van der Waals surface area (Å²) in [5.74, 6) is -1.53. The highest BCUT2D eigenvalue weighted by atomic mass is 19.1. The molecule has 0 saturated carbocycles. The van der Waals surface area contributed by atoms with Gasteiger partial charge in [0.15, 0.2) is 5.60 Å². The van der Waals surface area contributed by atoms with Crippen LogP contribution in [-0.4, -0.2) is 37.7 Å². The molecule has 0 spiro atoms. The Hall–Kier alpha value is -2.25. The fourth-order valence-corrected chi connectivity index (χ4v) is 2.11. The maximum Gasteiger partial charge on any atom is 0.259 e. The molecule has 1 fully saturated rings. The van der Waals surface area contributed by atoms with Crippen molar-refractivity contribution in [1.82, 2.24) is 0 Å². The van der Waals surface area contributed by atoms with Crippen molar-refractivity contribution < 1.29 is 23.5 Å². The van der Waals surface area contributed by atoms with Crippen LogP contribution in [0.1, 0.15) is 6.42 Å². The summed E-state index contributed by atoms with van der Waals surface area (Å²) in [5, 5.41) is 4.97. The van der Waals surface area contributed by atoms with Crippen molar-refractivity contribution in [3.05, 3.63) is 36.7 Å². The summed E-state index contributed by atoms with van der Waals surface area (Å²) in [6, 6.07) is 3.88. The number of methoxy groups -OCH3 is 1. The number of halogens is 1. The first-order chi connectivity index (χ1) is 10.5. The van der Waals surface area contributed by atoms with Crippen LogP contribution in [0, 0.1) is 5.82 Å². The average Bonchev–Trinajstić information content (AvgIpc) is 3.00. The average molecular weight is 308 g/mol. The molecule has 1 saturated heterocycles. The van der Waals surface area contributed by atoms with E-state index < -0.39 is 17.3 Å². The van der Waals surface area contributed by atoms with Crippen LogP contribution in [0.15, 0.2) is 30.9 Å². The molecule has 0 radical (unpaired) electrons. The van der Waals surface area contributed by atoms with Gasteiger partial charge < -0.3 is 20.1 Å². The molecule has 1 aliphatic rings. The molecule has 22 heavy (non-hydrogen) atoms. The topological polar surface area (TPSA) is 76.7 Å². The quantitative estimate of drug-likeness (QED) is 0.812. The van der Waals surface area contributed by atoms with Crippen molar-refractivity contribution in [2.24, 2.45) is 0 Å². The number of hydrogen-bond acceptors (Lipinski definition) is 4. The van der Waals surface area contributed by atoms with Gasteiger partial charge in [0.05, 0.1) is 18.9 Å². The maximum atomic E-state index is 13.6. The zero-order chi connectivity index (χ0) is 16.2. The van der Waals surface area contributed by atoms with Crippen molar-refractivity contribution in [3.63, 3.8) is 0 Å². The predicted molar refractivity (Wildman–Crippen MR) is 79.0 cm³/mol. The predicted octanol–water partition coefficient (Wildman–Crippen LogP) is 1.69. The van der Waals surface area contributed by atoms with E-state index in [1.807, 2.05) is 0 Å². The minimum Gasteiger partial charge on any atom is -0.378 e. The van der Waals surface area contributed by atoms with Gasteiger partial charge in [-0.2, -0.15) is 0 Å². The van der Waals surface area contributed by atoms with Crippen molar-refractivity contribution in [2.45, 2.75) is 12.0 Å². The number of carbonyl (C=O) groups excluding carboxylic acids is 2. The molecule has 0 bridgehead atoms. The molecule has 1 aromatic rings. The smallest absolute Gasteiger partial charge is 0.259 e.